The zero-order valence-electron chi connectivity index (χ0n) is 11.6. The van der Waals surface area contributed by atoms with Crippen molar-refractivity contribution >= 4 is 17.3 Å². The minimum absolute atomic E-state index is 0.0885. The molecule has 0 heterocycles. The molecule has 1 unspecified atom stereocenters. The molecule has 0 spiro atoms. The second-order valence-corrected chi connectivity index (χ2v) is 5.20. The molecule has 3 nitrogen and oxygen atoms in total. The summed E-state index contributed by atoms with van der Waals surface area (Å²) >= 11 is 6.24. The molecule has 0 fully saturated rings. The van der Waals surface area contributed by atoms with E-state index in [1.54, 1.807) is 7.11 Å². The SMILES string of the molecule is COc1ccccc1NC(C)(CO)c1ccccc1Cl. The zero-order chi connectivity index (χ0) is 14.6. The Kier molecular flexibility index (Phi) is 4.53. The molecule has 1 atom stereocenters. The number of rotatable bonds is 5. The fraction of sp³-hybridized carbons (Fsp3) is 0.250. The summed E-state index contributed by atoms with van der Waals surface area (Å²) in [4.78, 5) is 0. The highest BCUT2D eigenvalue weighted by atomic mass is 35.5. The first-order chi connectivity index (χ1) is 9.60. The van der Waals surface area contributed by atoms with Gasteiger partial charge in [0, 0.05) is 5.02 Å². The van der Waals surface area contributed by atoms with Crippen LogP contribution in [0, 0.1) is 0 Å². The molecule has 0 radical (unpaired) electrons. The van der Waals surface area contributed by atoms with E-state index in [4.69, 9.17) is 16.3 Å². The van der Waals surface area contributed by atoms with Crippen LogP contribution in [0.25, 0.3) is 0 Å². The van der Waals surface area contributed by atoms with Crippen molar-refractivity contribution < 1.29 is 9.84 Å². The van der Waals surface area contributed by atoms with E-state index in [1.165, 1.54) is 0 Å². The molecular weight excluding hydrogens is 274 g/mol. The lowest BCUT2D eigenvalue weighted by molar-refractivity contribution is 0.223. The van der Waals surface area contributed by atoms with Gasteiger partial charge in [0.2, 0.25) is 0 Å². The first-order valence-corrected chi connectivity index (χ1v) is 6.75. The minimum atomic E-state index is -0.688. The molecule has 0 aliphatic rings. The van der Waals surface area contributed by atoms with E-state index in [0.717, 1.165) is 17.0 Å². The average Bonchev–Trinajstić information content (AvgIpc) is 2.48. The maximum absolute atomic E-state index is 9.83. The molecule has 4 heteroatoms. The molecular formula is C16H18ClNO2. The summed E-state index contributed by atoms with van der Waals surface area (Å²) in [5, 5.41) is 13.8. The Morgan fingerprint density at radius 1 is 1.15 bits per heavy atom. The normalized spacial score (nSPS) is 13.6. The van der Waals surface area contributed by atoms with Crippen molar-refractivity contribution in [1.29, 1.82) is 0 Å². The molecule has 2 aromatic carbocycles. The van der Waals surface area contributed by atoms with Crippen molar-refractivity contribution in [2.75, 3.05) is 19.0 Å². The van der Waals surface area contributed by atoms with E-state index in [9.17, 15) is 5.11 Å². The van der Waals surface area contributed by atoms with Crippen molar-refractivity contribution in [3.05, 3.63) is 59.1 Å². The Hall–Kier alpha value is -1.71. The number of methoxy groups -OCH3 is 1. The lowest BCUT2D eigenvalue weighted by Crippen LogP contribution is -2.36. The first-order valence-electron chi connectivity index (χ1n) is 6.38. The number of anilines is 1. The number of para-hydroxylation sites is 2. The van der Waals surface area contributed by atoms with E-state index in [0.29, 0.717) is 5.02 Å². The summed E-state index contributed by atoms with van der Waals surface area (Å²) in [5.74, 6) is 0.722. The molecule has 0 saturated carbocycles. The fourth-order valence-corrected chi connectivity index (χ4v) is 2.49. The summed E-state index contributed by atoms with van der Waals surface area (Å²) < 4.78 is 5.32. The van der Waals surface area contributed by atoms with Crippen LogP contribution in [0.1, 0.15) is 12.5 Å². The van der Waals surface area contributed by atoms with Crippen LogP contribution in [0.5, 0.6) is 5.75 Å². The molecule has 0 bridgehead atoms. The van der Waals surface area contributed by atoms with Crippen molar-refractivity contribution in [2.45, 2.75) is 12.5 Å². The monoisotopic (exact) mass is 291 g/mol. The maximum atomic E-state index is 9.83. The predicted octanol–water partition coefficient (Wildman–Crippen LogP) is 3.67. The largest absolute Gasteiger partial charge is 0.495 e. The highest BCUT2D eigenvalue weighted by molar-refractivity contribution is 6.31. The van der Waals surface area contributed by atoms with Crippen molar-refractivity contribution in [2.24, 2.45) is 0 Å². The van der Waals surface area contributed by atoms with E-state index in [2.05, 4.69) is 5.32 Å². The average molecular weight is 292 g/mol. The third kappa shape index (κ3) is 2.89. The third-order valence-corrected chi connectivity index (χ3v) is 3.63. The number of hydrogen-bond acceptors (Lipinski definition) is 3. The van der Waals surface area contributed by atoms with Crippen LogP contribution in [-0.4, -0.2) is 18.8 Å². The third-order valence-electron chi connectivity index (χ3n) is 3.30. The Balaban J connectivity index is 2.40. The summed E-state index contributed by atoms with van der Waals surface area (Å²) in [5.41, 5.74) is 0.967. The van der Waals surface area contributed by atoms with Gasteiger partial charge in [0.15, 0.2) is 0 Å². The lowest BCUT2D eigenvalue weighted by Gasteiger charge is -2.32. The van der Waals surface area contributed by atoms with Crippen LogP contribution >= 0.6 is 11.6 Å². The lowest BCUT2D eigenvalue weighted by atomic mass is 9.92. The summed E-state index contributed by atoms with van der Waals surface area (Å²) in [6, 6.07) is 15.1. The summed E-state index contributed by atoms with van der Waals surface area (Å²) in [7, 11) is 1.62. The van der Waals surface area contributed by atoms with Gasteiger partial charge in [0.25, 0.3) is 0 Å². The topological polar surface area (TPSA) is 41.5 Å². The van der Waals surface area contributed by atoms with Gasteiger partial charge in [0.1, 0.15) is 5.75 Å². The second-order valence-electron chi connectivity index (χ2n) is 4.80. The molecule has 0 aliphatic heterocycles. The smallest absolute Gasteiger partial charge is 0.141 e. The molecule has 2 rings (SSSR count). The number of benzene rings is 2. The van der Waals surface area contributed by atoms with Gasteiger partial charge in [-0.2, -0.15) is 0 Å². The van der Waals surface area contributed by atoms with Crippen LogP contribution < -0.4 is 10.1 Å². The Bertz CT molecular complexity index is 588. The van der Waals surface area contributed by atoms with E-state index in [1.807, 2.05) is 55.5 Å². The summed E-state index contributed by atoms with van der Waals surface area (Å²) in [6.07, 6.45) is 0. The van der Waals surface area contributed by atoms with Gasteiger partial charge >= 0.3 is 0 Å². The Morgan fingerprint density at radius 2 is 1.80 bits per heavy atom. The minimum Gasteiger partial charge on any atom is -0.495 e. The number of nitrogens with one attached hydrogen (secondary N) is 1. The number of hydrogen-bond donors (Lipinski definition) is 2. The van der Waals surface area contributed by atoms with E-state index < -0.39 is 5.54 Å². The van der Waals surface area contributed by atoms with Crippen molar-refractivity contribution in [1.82, 2.24) is 0 Å². The highest BCUT2D eigenvalue weighted by Crippen LogP contribution is 2.34. The van der Waals surface area contributed by atoms with Gasteiger partial charge in [-0.1, -0.05) is 41.9 Å². The Labute approximate surface area is 124 Å². The highest BCUT2D eigenvalue weighted by Gasteiger charge is 2.28. The van der Waals surface area contributed by atoms with Crippen LogP contribution in [0.2, 0.25) is 5.02 Å². The Morgan fingerprint density at radius 3 is 2.45 bits per heavy atom. The van der Waals surface area contributed by atoms with Gasteiger partial charge < -0.3 is 15.2 Å². The van der Waals surface area contributed by atoms with Crippen molar-refractivity contribution in [3.8, 4) is 5.75 Å². The van der Waals surface area contributed by atoms with Gasteiger partial charge in [-0.3, -0.25) is 0 Å². The quantitative estimate of drug-likeness (QED) is 0.883. The van der Waals surface area contributed by atoms with Crippen molar-refractivity contribution in [3.63, 3.8) is 0 Å². The molecule has 0 aromatic heterocycles. The molecule has 0 amide bonds. The number of halogens is 1. The predicted molar refractivity (Wildman–Crippen MR) is 82.5 cm³/mol. The van der Waals surface area contributed by atoms with Gasteiger partial charge in [0.05, 0.1) is 24.9 Å². The molecule has 20 heavy (non-hydrogen) atoms. The second kappa shape index (κ2) is 6.16. The molecule has 0 saturated heterocycles. The van der Waals surface area contributed by atoms with E-state index in [-0.39, 0.29) is 6.61 Å². The number of aliphatic hydroxyl groups excluding tert-OH is 1. The van der Waals surface area contributed by atoms with E-state index >= 15 is 0 Å². The fourth-order valence-electron chi connectivity index (χ4n) is 2.15. The van der Waals surface area contributed by atoms with Crippen LogP contribution in [0.15, 0.2) is 48.5 Å². The van der Waals surface area contributed by atoms with Gasteiger partial charge in [-0.05, 0) is 30.7 Å². The zero-order valence-corrected chi connectivity index (χ0v) is 12.3. The standard InChI is InChI=1S/C16H18ClNO2/c1-16(11-19,12-7-3-4-8-13(12)17)18-14-9-5-6-10-15(14)20-2/h3-10,18-19H,11H2,1-2H3. The first kappa shape index (κ1) is 14.7. The van der Waals surface area contributed by atoms with Crippen LogP contribution in [0.4, 0.5) is 5.69 Å². The summed E-state index contributed by atoms with van der Waals surface area (Å²) in [6.45, 7) is 1.81. The molecule has 106 valence electrons. The maximum Gasteiger partial charge on any atom is 0.141 e. The van der Waals surface area contributed by atoms with Crippen LogP contribution in [0.3, 0.4) is 0 Å². The number of aliphatic hydroxyl groups is 1. The molecule has 0 aliphatic carbocycles. The van der Waals surface area contributed by atoms with Gasteiger partial charge in [-0.15, -0.1) is 0 Å². The molecule has 2 aromatic rings. The van der Waals surface area contributed by atoms with Crippen LogP contribution in [-0.2, 0) is 5.54 Å². The number of ether oxygens (including phenoxy) is 1. The van der Waals surface area contributed by atoms with Gasteiger partial charge in [-0.25, -0.2) is 0 Å². The molecule has 2 N–H and O–H groups in total.